The summed E-state index contributed by atoms with van der Waals surface area (Å²) in [4.78, 5) is -0.0131. The van der Waals surface area contributed by atoms with Crippen LogP contribution < -0.4 is 4.72 Å². The predicted molar refractivity (Wildman–Crippen MR) is 63.5 cm³/mol. The lowest BCUT2D eigenvalue weighted by molar-refractivity contribution is 0.601. The maximum atomic E-state index is 13.2. The van der Waals surface area contributed by atoms with Gasteiger partial charge in [-0.15, -0.1) is 0 Å². The summed E-state index contributed by atoms with van der Waals surface area (Å²) in [6, 6.07) is 3.95. The van der Waals surface area contributed by atoms with E-state index in [1.807, 2.05) is 0 Å². The number of halogens is 2. The van der Waals surface area contributed by atoms with Gasteiger partial charge in [-0.05, 0) is 34.1 Å². The van der Waals surface area contributed by atoms with Crippen LogP contribution in [0.2, 0.25) is 0 Å². The molecule has 90 valence electrons. The normalized spacial score (nSPS) is 11.4. The average molecular weight is 320 g/mol. The van der Waals surface area contributed by atoms with E-state index in [9.17, 15) is 12.8 Å². The van der Waals surface area contributed by atoms with Crippen LogP contribution >= 0.6 is 15.9 Å². The molecule has 5 nitrogen and oxygen atoms in total. The number of nitrogens with zero attached hydrogens (tertiary/aromatic N) is 1. The molecule has 0 saturated heterocycles. The standard InChI is InChI=1S/C9H7BrFN3O2S/c10-8-2-1-6(3-9(8)11)14-17(15,16)7-4-12-13-5-7/h1-5,14H,(H,12,13). The Labute approximate surface area is 105 Å². The van der Waals surface area contributed by atoms with Gasteiger partial charge in [0.25, 0.3) is 10.0 Å². The molecule has 0 radical (unpaired) electrons. The largest absolute Gasteiger partial charge is 0.284 e. The molecule has 0 aliphatic carbocycles. The molecule has 0 atom stereocenters. The molecule has 0 aliphatic rings. The van der Waals surface area contributed by atoms with Crippen molar-refractivity contribution in [3.63, 3.8) is 0 Å². The summed E-state index contributed by atoms with van der Waals surface area (Å²) in [6.45, 7) is 0. The van der Waals surface area contributed by atoms with E-state index < -0.39 is 15.8 Å². The summed E-state index contributed by atoms with van der Waals surface area (Å²) in [5.41, 5.74) is 0.145. The number of nitrogens with one attached hydrogen (secondary N) is 2. The lowest BCUT2D eigenvalue weighted by Gasteiger charge is -2.06. The molecular formula is C9H7BrFN3O2S. The minimum atomic E-state index is -3.73. The Morgan fingerprint density at radius 2 is 2.18 bits per heavy atom. The summed E-state index contributed by atoms with van der Waals surface area (Å²) in [5, 5.41) is 5.93. The molecule has 0 spiro atoms. The third-order valence-electron chi connectivity index (χ3n) is 1.96. The maximum absolute atomic E-state index is 13.2. The van der Waals surface area contributed by atoms with Gasteiger partial charge in [-0.1, -0.05) is 0 Å². The molecule has 0 fully saturated rings. The quantitative estimate of drug-likeness (QED) is 0.909. The van der Waals surface area contributed by atoms with Crippen LogP contribution in [0.25, 0.3) is 0 Å². The van der Waals surface area contributed by atoms with E-state index >= 15 is 0 Å². The van der Waals surface area contributed by atoms with E-state index in [0.717, 1.165) is 12.3 Å². The lowest BCUT2D eigenvalue weighted by atomic mass is 10.3. The van der Waals surface area contributed by atoms with Crippen molar-refractivity contribution in [2.24, 2.45) is 0 Å². The van der Waals surface area contributed by atoms with Crippen molar-refractivity contribution in [2.75, 3.05) is 4.72 Å². The van der Waals surface area contributed by atoms with Crippen LogP contribution in [0.3, 0.4) is 0 Å². The number of aromatic amines is 1. The second-order valence-corrected chi connectivity index (χ2v) is 5.71. The van der Waals surface area contributed by atoms with E-state index in [-0.39, 0.29) is 15.1 Å². The highest BCUT2D eigenvalue weighted by Crippen LogP contribution is 2.21. The van der Waals surface area contributed by atoms with Gasteiger partial charge < -0.3 is 0 Å². The number of rotatable bonds is 3. The highest BCUT2D eigenvalue weighted by Gasteiger charge is 2.15. The van der Waals surface area contributed by atoms with Crippen LogP contribution in [-0.4, -0.2) is 18.6 Å². The SMILES string of the molecule is O=S(=O)(Nc1ccc(Br)c(F)c1)c1cn[nH]c1. The monoisotopic (exact) mass is 319 g/mol. The van der Waals surface area contributed by atoms with Crippen molar-refractivity contribution in [3.8, 4) is 0 Å². The van der Waals surface area contributed by atoms with Crippen molar-refractivity contribution in [3.05, 3.63) is 40.9 Å². The zero-order valence-electron chi connectivity index (χ0n) is 8.31. The Morgan fingerprint density at radius 1 is 1.41 bits per heavy atom. The van der Waals surface area contributed by atoms with E-state index in [1.165, 1.54) is 18.3 Å². The Kier molecular flexibility index (Phi) is 3.16. The number of benzene rings is 1. The minimum absolute atomic E-state index is 0.0131. The van der Waals surface area contributed by atoms with Crippen LogP contribution in [0, 0.1) is 5.82 Å². The molecule has 0 unspecified atom stereocenters. The Bertz CT molecular complexity index is 628. The molecule has 17 heavy (non-hydrogen) atoms. The Balaban J connectivity index is 2.30. The topological polar surface area (TPSA) is 74.8 Å². The fraction of sp³-hybridized carbons (Fsp3) is 0. The van der Waals surface area contributed by atoms with Gasteiger partial charge in [0, 0.05) is 6.20 Å². The fourth-order valence-corrected chi connectivity index (χ4v) is 2.36. The Morgan fingerprint density at radius 3 is 2.76 bits per heavy atom. The van der Waals surface area contributed by atoms with Crippen molar-refractivity contribution in [2.45, 2.75) is 4.90 Å². The van der Waals surface area contributed by atoms with Gasteiger partial charge in [0.05, 0.1) is 16.4 Å². The third-order valence-corrected chi connectivity index (χ3v) is 3.95. The van der Waals surface area contributed by atoms with Gasteiger partial charge in [0.2, 0.25) is 0 Å². The Hall–Kier alpha value is -1.41. The lowest BCUT2D eigenvalue weighted by Crippen LogP contribution is -2.12. The molecule has 2 aromatic rings. The van der Waals surface area contributed by atoms with Crippen LogP contribution in [0.5, 0.6) is 0 Å². The van der Waals surface area contributed by atoms with Gasteiger partial charge in [-0.3, -0.25) is 9.82 Å². The second-order valence-electron chi connectivity index (χ2n) is 3.17. The first-order valence-electron chi connectivity index (χ1n) is 4.46. The molecule has 0 bridgehead atoms. The van der Waals surface area contributed by atoms with Gasteiger partial charge in [-0.2, -0.15) is 5.10 Å². The summed E-state index contributed by atoms with van der Waals surface area (Å²) in [7, 11) is -3.73. The molecule has 1 heterocycles. The molecule has 0 aliphatic heterocycles. The summed E-state index contributed by atoms with van der Waals surface area (Å²) < 4.78 is 39.2. The number of hydrogen-bond acceptors (Lipinski definition) is 3. The molecule has 2 N–H and O–H groups in total. The molecule has 2 rings (SSSR count). The molecule has 8 heteroatoms. The van der Waals surface area contributed by atoms with Crippen LogP contribution in [0.1, 0.15) is 0 Å². The maximum Gasteiger partial charge on any atom is 0.265 e. The first-order valence-corrected chi connectivity index (χ1v) is 6.73. The van der Waals surface area contributed by atoms with Gasteiger partial charge >= 0.3 is 0 Å². The number of aromatic nitrogens is 2. The van der Waals surface area contributed by atoms with Gasteiger partial charge in [0.15, 0.2) is 0 Å². The number of anilines is 1. The summed E-state index contributed by atoms with van der Waals surface area (Å²) >= 11 is 2.98. The highest BCUT2D eigenvalue weighted by molar-refractivity contribution is 9.10. The van der Waals surface area contributed by atoms with E-state index in [1.54, 1.807) is 0 Å². The van der Waals surface area contributed by atoms with Crippen LogP contribution in [-0.2, 0) is 10.0 Å². The average Bonchev–Trinajstić information content (AvgIpc) is 2.77. The van der Waals surface area contributed by atoms with Crippen LogP contribution in [0.4, 0.5) is 10.1 Å². The van der Waals surface area contributed by atoms with E-state index in [2.05, 4.69) is 30.8 Å². The summed E-state index contributed by atoms with van der Waals surface area (Å²) in [6.07, 6.45) is 2.40. The fourth-order valence-electron chi connectivity index (χ4n) is 1.16. The highest BCUT2D eigenvalue weighted by atomic mass is 79.9. The second kappa shape index (κ2) is 4.46. The van der Waals surface area contributed by atoms with Gasteiger partial charge in [-0.25, -0.2) is 12.8 Å². The smallest absolute Gasteiger partial charge is 0.265 e. The number of hydrogen-bond donors (Lipinski definition) is 2. The molecule has 1 aromatic carbocycles. The number of H-pyrrole nitrogens is 1. The van der Waals surface area contributed by atoms with E-state index in [4.69, 9.17) is 0 Å². The zero-order chi connectivity index (χ0) is 12.5. The molecule has 0 amide bonds. The van der Waals surface area contributed by atoms with E-state index in [0.29, 0.717) is 0 Å². The molecule has 0 saturated carbocycles. The first kappa shape index (κ1) is 12.1. The van der Waals surface area contributed by atoms with Crippen molar-refractivity contribution in [1.29, 1.82) is 0 Å². The number of sulfonamides is 1. The van der Waals surface area contributed by atoms with Gasteiger partial charge in [0.1, 0.15) is 10.7 Å². The predicted octanol–water partition coefficient (Wildman–Crippen LogP) is 2.11. The molecule has 1 aromatic heterocycles. The third kappa shape index (κ3) is 2.64. The van der Waals surface area contributed by atoms with Crippen LogP contribution in [0.15, 0.2) is 40.0 Å². The first-order chi connectivity index (χ1) is 7.99. The summed E-state index contributed by atoms with van der Waals surface area (Å²) in [5.74, 6) is -0.544. The van der Waals surface area contributed by atoms with Crippen molar-refractivity contribution < 1.29 is 12.8 Å². The van der Waals surface area contributed by atoms with Crippen molar-refractivity contribution in [1.82, 2.24) is 10.2 Å². The molecular weight excluding hydrogens is 313 g/mol. The van der Waals surface area contributed by atoms with Crippen molar-refractivity contribution >= 4 is 31.6 Å². The minimum Gasteiger partial charge on any atom is -0.284 e. The zero-order valence-corrected chi connectivity index (χ0v) is 10.7.